The van der Waals surface area contributed by atoms with Gasteiger partial charge in [0.05, 0.1) is 23.1 Å². The van der Waals surface area contributed by atoms with Gasteiger partial charge in [-0.15, -0.1) is 5.10 Å². The van der Waals surface area contributed by atoms with Crippen molar-refractivity contribution in [2.24, 2.45) is 0 Å². The van der Waals surface area contributed by atoms with Crippen LogP contribution in [-0.2, 0) is 4.79 Å². The van der Waals surface area contributed by atoms with Crippen LogP contribution in [0.1, 0.15) is 12.5 Å². The number of benzene rings is 2. The Balaban J connectivity index is 1.79. The van der Waals surface area contributed by atoms with Crippen LogP contribution < -0.4 is 10.1 Å². The molecule has 0 spiro atoms. The molecule has 7 nitrogen and oxygen atoms in total. The summed E-state index contributed by atoms with van der Waals surface area (Å²) in [6.45, 7) is 3.72. The van der Waals surface area contributed by atoms with Gasteiger partial charge in [-0.2, -0.15) is 4.68 Å². The molecule has 1 N–H and O–H groups in total. The first-order chi connectivity index (χ1) is 13.4. The summed E-state index contributed by atoms with van der Waals surface area (Å²) in [5.74, 6) is 0.393. The molecule has 3 rings (SSSR count). The van der Waals surface area contributed by atoms with Gasteiger partial charge in [-0.05, 0) is 60.2 Å². The largest absolute Gasteiger partial charge is 0.494 e. The number of ether oxygens (including phenoxy) is 1. The van der Waals surface area contributed by atoms with E-state index in [1.54, 1.807) is 36.9 Å². The Morgan fingerprint density at radius 3 is 2.75 bits per heavy atom. The van der Waals surface area contributed by atoms with E-state index in [9.17, 15) is 4.79 Å². The third kappa shape index (κ3) is 4.57. The topological polar surface area (TPSA) is 81.9 Å². The number of carbonyl (C=O) groups excluding carboxylic acids is 1. The second kappa shape index (κ2) is 8.81. The molecule has 1 amide bonds. The van der Waals surface area contributed by atoms with Crippen molar-refractivity contribution in [1.29, 1.82) is 0 Å². The van der Waals surface area contributed by atoms with Gasteiger partial charge in [-0.1, -0.05) is 41.0 Å². The minimum Gasteiger partial charge on any atom is -0.494 e. The Bertz CT molecular complexity index is 1010. The van der Waals surface area contributed by atoms with Gasteiger partial charge in [0.2, 0.25) is 11.1 Å². The second-order valence-electron chi connectivity index (χ2n) is 5.92. The summed E-state index contributed by atoms with van der Waals surface area (Å²) in [5.41, 5.74) is 2.22. The molecule has 0 fully saturated rings. The standard InChI is InChI=1S/C18H17Cl2N5O2S/c1-10-4-7-16(27-3)15(8-10)25-18(22-23-24-25)28-11(2)17(26)21-14-6-5-12(19)9-13(14)20/h4-9,11H,1-3H3,(H,21,26). The first-order valence-electron chi connectivity index (χ1n) is 8.25. The van der Waals surface area contributed by atoms with Crippen molar-refractivity contribution in [1.82, 2.24) is 20.2 Å². The number of hydrogen-bond donors (Lipinski definition) is 1. The average Bonchev–Trinajstić information content (AvgIpc) is 3.11. The number of rotatable bonds is 6. The molecule has 1 unspecified atom stereocenters. The van der Waals surface area contributed by atoms with Crippen LogP contribution in [0.15, 0.2) is 41.6 Å². The predicted octanol–water partition coefficient (Wildman–Crippen LogP) is 4.41. The van der Waals surface area contributed by atoms with Crippen LogP contribution in [0.3, 0.4) is 0 Å². The fourth-order valence-electron chi connectivity index (χ4n) is 2.41. The lowest BCUT2D eigenvalue weighted by Gasteiger charge is -2.14. The zero-order valence-corrected chi connectivity index (χ0v) is 17.6. The summed E-state index contributed by atoms with van der Waals surface area (Å²) < 4.78 is 6.95. The summed E-state index contributed by atoms with van der Waals surface area (Å²) in [7, 11) is 1.58. The lowest BCUT2D eigenvalue weighted by Crippen LogP contribution is -2.23. The molecule has 1 aromatic heterocycles. The number of aromatic nitrogens is 4. The molecule has 3 aromatic rings. The van der Waals surface area contributed by atoms with Crippen LogP contribution >= 0.6 is 35.0 Å². The quantitative estimate of drug-likeness (QED) is 0.575. The van der Waals surface area contributed by atoms with E-state index in [1.807, 2.05) is 25.1 Å². The third-order valence-electron chi connectivity index (χ3n) is 3.84. The van der Waals surface area contributed by atoms with Crippen molar-refractivity contribution >= 4 is 46.6 Å². The van der Waals surface area contributed by atoms with E-state index in [4.69, 9.17) is 27.9 Å². The van der Waals surface area contributed by atoms with Crippen molar-refractivity contribution in [3.05, 3.63) is 52.0 Å². The SMILES string of the molecule is COc1ccc(C)cc1-n1nnnc1SC(C)C(=O)Nc1ccc(Cl)cc1Cl. The highest BCUT2D eigenvalue weighted by Gasteiger charge is 2.21. The number of thioether (sulfide) groups is 1. The van der Waals surface area contributed by atoms with Gasteiger partial charge < -0.3 is 10.1 Å². The molecular weight excluding hydrogens is 421 g/mol. The van der Waals surface area contributed by atoms with E-state index < -0.39 is 5.25 Å². The van der Waals surface area contributed by atoms with Crippen molar-refractivity contribution in [3.8, 4) is 11.4 Å². The van der Waals surface area contributed by atoms with Crippen LogP contribution in [-0.4, -0.2) is 38.5 Å². The summed E-state index contributed by atoms with van der Waals surface area (Å²) in [6, 6.07) is 10.6. The molecule has 0 aliphatic carbocycles. The molecule has 1 heterocycles. The normalized spacial score (nSPS) is 11.9. The van der Waals surface area contributed by atoms with Gasteiger partial charge in [-0.25, -0.2) is 0 Å². The fourth-order valence-corrected chi connectivity index (χ4v) is 3.66. The molecule has 28 heavy (non-hydrogen) atoms. The molecule has 0 aliphatic heterocycles. The van der Waals surface area contributed by atoms with Crippen LogP contribution in [0.5, 0.6) is 5.75 Å². The molecule has 0 radical (unpaired) electrons. The molecule has 0 saturated heterocycles. The Kier molecular flexibility index (Phi) is 6.43. The number of aryl methyl sites for hydroxylation is 1. The van der Waals surface area contributed by atoms with E-state index in [0.29, 0.717) is 32.3 Å². The van der Waals surface area contributed by atoms with E-state index in [0.717, 1.165) is 5.56 Å². The molecule has 0 aliphatic rings. The number of anilines is 1. The number of nitrogens with one attached hydrogen (secondary N) is 1. The van der Waals surface area contributed by atoms with Crippen molar-refractivity contribution in [2.75, 3.05) is 12.4 Å². The molecular formula is C18H17Cl2N5O2S. The minimum atomic E-state index is -0.479. The highest BCUT2D eigenvalue weighted by molar-refractivity contribution is 8.00. The number of methoxy groups -OCH3 is 1. The zero-order valence-electron chi connectivity index (χ0n) is 15.3. The maximum absolute atomic E-state index is 12.6. The van der Waals surface area contributed by atoms with Crippen molar-refractivity contribution < 1.29 is 9.53 Å². The maximum atomic E-state index is 12.6. The van der Waals surface area contributed by atoms with E-state index >= 15 is 0 Å². The number of hydrogen-bond acceptors (Lipinski definition) is 6. The Morgan fingerprint density at radius 1 is 1.25 bits per heavy atom. The van der Waals surface area contributed by atoms with Gasteiger partial charge in [-0.3, -0.25) is 4.79 Å². The van der Waals surface area contributed by atoms with E-state index in [1.165, 1.54) is 11.8 Å². The third-order valence-corrected chi connectivity index (χ3v) is 5.42. The lowest BCUT2D eigenvalue weighted by molar-refractivity contribution is -0.115. The zero-order chi connectivity index (χ0) is 20.3. The van der Waals surface area contributed by atoms with Crippen LogP contribution in [0.25, 0.3) is 5.69 Å². The summed E-state index contributed by atoms with van der Waals surface area (Å²) in [5, 5.41) is 15.5. The Morgan fingerprint density at radius 2 is 2.04 bits per heavy atom. The van der Waals surface area contributed by atoms with Crippen LogP contribution in [0, 0.1) is 6.92 Å². The molecule has 0 bridgehead atoms. The van der Waals surface area contributed by atoms with Crippen molar-refractivity contribution in [2.45, 2.75) is 24.3 Å². The molecule has 1 atom stereocenters. The monoisotopic (exact) mass is 437 g/mol. The number of carbonyl (C=O) groups is 1. The molecule has 146 valence electrons. The van der Waals surface area contributed by atoms with Gasteiger partial charge >= 0.3 is 0 Å². The molecule has 0 saturated carbocycles. The van der Waals surface area contributed by atoms with Gasteiger partial charge in [0.1, 0.15) is 11.4 Å². The fraction of sp³-hybridized carbons (Fsp3) is 0.222. The predicted molar refractivity (Wildman–Crippen MR) is 111 cm³/mol. The van der Waals surface area contributed by atoms with Crippen LogP contribution in [0.2, 0.25) is 10.0 Å². The second-order valence-corrected chi connectivity index (χ2v) is 8.07. The smallest absolute Gasteiger partial charge is 0.237 e. The van der Waals surface area contributed by atoms with Crippen molar-refractivity contribution in [3.63, 3.8) is 0 Å². The van der Waals surface area contributed by atoms with E-state index in [-0.39, 0.29) is 5.91 Å². The summed E-state index contributed by atoms with van der Waals surface area (Å²) in [4.78, 5) is 12.6. The summed E-state index contributed by atoms with van der Waals surface area (Å²) >= 11 is 13.2. The first-order valence-corrected chi connectivity index (χ1v) is 9.88. The number of amides is 1. The first kappa shape index (κ1) is 20.4. The molecule has 2 aromatic carbocycles. The highest BCUT2D eigenvalue weighted by atomic mass is 35.5. The van der Waals surface area contributed by atoms with Gasteiger partial charge in [0, 0.05) is 5.02 Å². The highest BCUT2D eigenvalue weighted by Crippen LogP contribution is 2.30. The minimum absolute atomic E-state index is 0.236. The number of tetrazole rings is 1. The van der Waals surface area contributed by atoms with Crippen LogP contribution in [0.4, 0.5) is 5.69 Å². The number of halogens is 2. The van der Waals surface area contributed by atoms with E-state index in [2.05, 4.69) is 20.8 Å². The Hall–Kier alpha value is -2.29. The average molecular weight is 438 g/mol. The number of nitrogens with zero attached hydrogens (tertiary/aromatic N) is 4. The molecule has 10 heteroatoms. The maximum Gasteiger partial charge on any atom is 0.237 e. The Labute approximate surface area is 176 Å². The summed E-state index contributed by atoms with van der Waals surface area (Å²) in [6.07, 6.45) is 0. The van der Waals surface area contributed by atoms with Gasteiger partial charge in [0.15, 0.2) is 0 Å². The lowest BCUT2D eigenvalue weighted by atomic mass is 10.2. The van der Waals surface area contributed by atoms with Gasteiger partial charge in [0.25, 0.3) is 0 Å².